The van der Waals surface area contributed by atoms with Gasteiger partial charge in [-0.3, -0.25) is 4.79 Å². The number of nitrogens with one attached hydrogen (secondary N) is 1. The zero-order valence-electron chi connectivity index (χ0n) is 14.8. The molecular weight excluding hydrogens is 355 g/mol. The molecule has 27 heavy (non-hydrogen) atoms. The summed E-state index contributed by atoms with van der Waals surface area (Å²) in [4.78, 5) is 12.7. The van der Waals surface area contributed by atoms with Crippen LogP contribution in [-0.4, -0.2) is 18.7 Å². The molecule has 142 valence electrons. The molecule has 0 heterocycles. The van der Waals surface area contributed by atoms with Gasteiger partial charge in [-0.05, 0) is 5.56 Å². The first-order valence-electron chi connectivity index (χ1n) is 8.46. The summed E-state index contributed by atoms with van der Waals surface area (Å²) in [5.41, 5.74) is -2.74. The molecule has 3 nitrogen and oxygen atoms in total. The number of halogens is 3. The summed E-state index contributed by atoms with van der Waals surface area (Å²) in [5.74, 6) is 3.88. The van der Waals surface area contributed by atoms with E-state index in [1.165, 1.54) is 24.3 Å². The van der Waals surface area contributed by atoms with Crippen LogP contribution in [0.3, 0.4) is 0 Å². The molecule has 0 aliphatic rings. The fourth-order valence-corrected chi connectivity index (χ4v) is 2.55. The zero-order valence-corrected chi connectivity index (χ0v) is 14.8. The Morgan fingerprint density at radius 1 is 1.00 bits per heavy atom. The van der Waals surface area contributed by atoms with Gasteiger partial charge in [-0.2, -0.15) is 13.2 Å². The van der Waals surface area contributed by atoms with E-state index < -0.39 is 24.3 Å². The summed E-state index contributed by atoms with van der Waals surface area (Å²) in [5, 5.41) is 2.35. The van der Waals surface area contributed by atoms with E-state index in [1.54, 1.807) is 43.3 Å². The van der Waals surface area contributed by atoms with Gasteiger partial charge in [-0.15, -0.1) is 5.92 Å². The molecule has 6 heteroatoms. The molecule has 1 N–H and O–H groups in total. The average Bonchev–Trinajstić information content (AvgIpc) is 2.67. The van der Waals surface area contributed by atoms with Crippen molar-refractivity contribution in [3.63, 3.8) is 0 Å². The Morgan fingerprint density at radius 2 is 1.59 bits per heavy atom. The Balaban J connectivity index is 2.38. The van der Waals surface area contributed by atoms with Gasteiger partial charge in [0.25, 0.3) is 11.5 Å². The second-order valence-electron chi connectivity index (χ2n) is 5.71. The van der Waals surface area contributed by atoms with E-state index in [9.17, 15) is 18.0 Å². The molecule has 2 rings (SSSR count). The Kier molecular flexibility index (Phi) is 7.03. The monoisotopic (exact) mass is 375 g/mol. The second-order valence-corrected chi connectivity index (χ2v) is 5.71. The van der Waals surface area contributed by atoms with E-state index >= 15 is 0 Å². The van der Waals surface area contributed by atoms with Crippen LogP contribution in [0, 0.1) is 11.8 Å². The Morgan fingerprint density at radius 3 is 2.15 bits per heavy atom. The van der Waals surface area contributed by atoms with Crippen molar-refractivity contribution >= 4 is 5.91 Å². The lowest BCUT2D eigenvalue weighted by molar-refractivity contribution is -0.270. The van der Waals surface area contributed by atoms with Crippen LogP contribution < -0.4 is 5.32 Å². The zero-order chi connectivity index (χ0) is 19.8. The number of amides is 1. The number of carbonyl (C=O) groups is 1. The van der Waals surface area contributed by atoms with E-state index in [2.05, 4.69) is 17.2 Å². The van der Waals surface area contributed by atoms with E-state index in [0.29, 0.717) is 12.0 Å². The predicted molar refractivity (Wildman–Crippen MR) is 96.5 cm³/mol. The first-order valence-corrected chi connectivity index (χ1v) is 8.46. The Labute approximate surface area is 156 Å². The molecule has 1 unspecified atom stereocenters. The maximum absolute atomic E-state index is 14.1. The molecule has 0 spiro atoms. The number of alkyl halides is 3. The maximum Gasteiger partial charge on any atom is 0.431 e. The third kappa shape index (κ3) is 4.89. The van der Waals surface area contributed by atoms with Gasteiger partial charge in [0.15, 0.2) is 0 Å². The van der Waals surface area contributed by atoms with Gasteiger partial charge in [0.05, 0.1) is 0 Å². The van der Waals surface area contributed by atoms with Gasteiger partial charge in [-0.25, -0.2) is 0 Å². The fourth-order valence-electron chi connectivity index (χ4n) is 2.55. The number of hydrogen-bond donors (Lipinski definition) is 1. The van der Waals surface area contributed by atoms with Gasteiger partial charge < -0.3 is 10.1 Å². The van der Waals surface area contributed by atoms with E-state index in [0.717, 1.165) is 0 Å². The van der Waals surface area contributed by atoms with Gasteiger partial charge in [-0.1, -0.05) is 73.5 Å². The molecular formula is C21H20F3NO2. The van der Waals surface area contributed by atoms with Crippen LogP contribution in [0.2, 0.25) is 0 Å². The number of rotatable bonds is 6. The van der Waals surface area contributed by atoms with Crippen LogP contribution in [0.4, 0.5) is 13.2 Å². The Bertz CT molecular complexity index is 795. The summed E-state index contributed by atoms with van der Waals surface area (Å²) in [6.45, 7) is 1.21. The van der Waals surface area contributed by atoms with Crippen molar-refractivity contribution < 1.29 is 22.7 Å². The molecule has 2 aromatic rings. The molecule has 0 fully saturated rings. The van der Waals surface area contributed by atoms with Crippen LogP contribution in [0.15, 0.2) is 60.7 Å². The number of benzene rings is 2. The molecule has 0 radical (unpaired) electrons. The second kappa shape index (κ2) is 9.24. The van der Waals surface area contributed by atoms with E-state index in [4.69, 9.17) is 4.74 Å². The third-order valence-corrected chi connectivity index (χ3v) is 3.86. The van der Waals surface area contributed by atoms with E-state index in [1.807, 2.05) is 0 Å². The summed E-state index contributed by atoms with van der Waals surface area (Å²) in [7, 11) is 0. The lowest BCUT2D eigenvalue weighted by Gasteiger charge is -2.34. The van der Waals surface area contributed by atoms with Gasteiger partial charge >= 0.3 is 6.18 Å². The molecule has 0 aromatic heterocycles. The van der Waals surface area contributed by atoms with Crippen LogP contribution in [0.25, 0.3) is 0 Å². The summed E-state index contributed by atoms with van der Waals surface area (Å²) in [6, 6.07) is 15.6. The molecule has 0 aliphatic heterocycles. The summed E-state index contributed by atoms with van der Waals surface area (Å²) < 4.78 is 47.5. The number of carbonyl (C=O) groups excluding carboxylic acids is 1. The van der Waals surface area contributed by atoms with Crippen LogP contribution >= 0.6 is 0 Å². The molecule has 1 atom stereocenters. The highest BCUT2D eigenvalue weighted by Gasteiger charge is 2.63. The van der Waals surface area contributed by atoms with Crippen LogP contribution in [0.1, 0.15) is 24.5 Å². The normalized spacial score (nSPS) is 13.2. The van der Waals surface area contributed by atoms with Crippen molar-refractivity contribution in [3.8, 4) is 11.8 Å². The highest BCUT2D eigenvalue weighted by Crippen LogP contribution is 2.42. The van der Waals surface area contributed by atoms with Crippen molar-refractivity contribution in [2.45, 2.75) is 31.7 Å². The smallest absolute Gasteiger partial charge is 0.349 e. The highest BCUT2D eigenvalue weighted by atomic mass is 19.4. The fraction of sp³-hybridized carbons (Fsp3) is 0.286. The van der Waals surface area contributed by atoms with Gasteiger partial charge in [0.2, 0.25) is 0 Å². The summed E-state index contributed by atoms with van der Waals surface area (Å²) >= 11 is 0. The number of hydrogen-bond acceptors (Lipinski definition) is 2. The standard InChI is InChI=1S/C21H20F3NO2/c1-2-3-10-15-27-20(21(22,23)24,18-13-8-5-9-14-18)19(26)25-16-17-11-6-4-7-12-17/h4-9,11-14H,2,15-16H2,1H3,(H,25,26). The van der Waals surface area contributed by atoms with Crippen LogP contribution in [0.5, 0.6) is 0 Å². The predicted octanol–water partition coefficient (Wildman–Crippen LogP) is 4.19. The van der Waals surface area contributed by atoms with Gasteiger partial charge in [0, 0.05) is 18.5 Å². The van der Waals surface area contributed by atoms with Crippen molar-refractivity contribution in [1.82, 2.24) is 5.32 Å². The van der Waals surface area contributed by atoms with Gasteiger partial charge in [0.1, 0.15) is 6.61 Å². The summed E-state index contributed by atoms with van der Waals surface area (Å²) in [6.07, 6.45) is -4.49. The van der Waals surface area contributed by atoms with E-state index in [-0.39, 0.29) is 12.1 Å². The molecule has 0 aliphatic carbocycles. The van der Waals surface area contributed by atoms with Crippen LogP contribution in [-0.2, 0) is 21.7 Å². The lowest BCUT2D eigenvalue weighted by Crippen LogP contribution is -2.56. The minimum Gasteiger partial charge on any atom is -0.349 e. The first kappa shape index (κ1) is 20.5. The highest BCUT2D eigenvalue weighted by molar-refractivity contribution is 5.87. The molecule has 1 amide bonds. The first-order chi connectivity index (χ1) is 12.9. The van der Waals surface area contributed by atoms with Crippen molar-refractivity contribution in [2.24, 2.45) is 0 Å². The topological polar surface area (TPSA) is 38.3 Å². The maximum atomic E-state index is 14.1. The van der Waals surface area contributed by atoms with Crippen molar-refractivity contribution in [2.75, 3.05) is 6.61 Å². The lowest BCUT2D eigenvalue weighted by atomic mass is 9.91. The minimum atomic E-state index is -4.97. The minimum absolute atomic E-state index is 0.0473. The molecule has 0 saturated carbocycles. The molecule has 0 saturated heterocycles. The molecule has 2 aromatic carbocycles. The third-order valence-electron chi connectivity index (χ3n) is 3.86. The quantitative estimate of drug-likeness (QED) is 0.769. The SMILES string of the molecule is CCC#CCOC(C(=O)NCc1ccccc1)(c1ccccc1)C(F)(F)F. The van der Waals surface area contributed by atoms with Crippen molar-refractivity contribution in [1.29, 1.82) is 0 Å². The number of ether oxygens (including phenoxy) is 1. The Hall–Kier alpha value is -2.78. The molecule has 0 bridgehead atoms. The van der Waals surface area contributed by atoms with Crippen molar-refractivity contribution in [3.05, 3.63) is 71.8 Å². The average molecular weight is 375 g/mol. The largest absolute Gasteiger partial charge is 0.431 e.